The summed E-state index contributed by atoms with van der Waals surface area (Å²) in [6, 6.07) is 6.65. The number of fused-ring (bicyclic) bond motifs is 1. The van der Waals surface area contributed by atoms with Gasteiger partial charge in [-0.1, -0.05) is 18.2 Å². The summed E-state index contributed by atoms with van der Waals surface area (Å²) in [7, 11) is 1.93. The fraction of sp³-hybridized carbons (Fsp3) is 0.625. The third-order valence-corrected chi connectivity index (χ3v) is 4.96. The zero-order valence-electron chi connectivity index (χ0n) is 13.6. The molecule has 0 radical (unpaired) electrons. The lowest BCUT2D eigenvalue weighted by atomic mass is 9.77. The molecule has 0 spiro atoms. The normalized spacial score (nSPS) is 23.6. The molecule has 1 saturated heterocycles. The van der Waals surface area contributed by atoms with E-state index in [0.717, 1.165) is 25.0 Å². The van der Waals surface area contributed by atoms with E-state index < -0.39 is 0 Å². The number of benzene rings is 1. The second-order valence-electron chi connectivity index (χ2n) is 7.10. The summed E-state index contributed by atoms with van der Waals surface area (Å²) in [5.41, 5.74) is 3.47. The molecule has 116 valence electrons. The molecule has 1 aromatic rings. The number of halogens is 1. The van der Waals surface area contributed by atoms with Crippen molar-refractivity contribution in [3.05, 3.63) is 29.3 Å². The first-order chi connectivity index (χ1) is 9.28. The molecule has 1 aromatic carbocycles. The Balaban J connectivity index is 0.00000161. The van der Waals surface area contributed by atoms with Crippen LogP contribution in [0.25, 0.3) is 0 Å². The number of rotatable bonds is 1. The Morgan fingerprint density at radius 1 is 1.05 bits per heavy atom. The average Bonchev–Trinajstić information content (AvgIpc) is 2.58. The van der Waals surface area contributed by atoms with Gasteiger partial charge in [0, 0.05) is 13.1 Å². The van der Waals surface area contributed by atoms with Gasteiger partial charge in [-0.25, -0.2) is 0 Å². The summed E-state index contributed by atoms with van der Waals surface area (Å²) in [6.45, 7) is 10.6. The van der Waals surface area contributed by atoms with Crippen LogP contribution >= 0.6 is 12.4 Å². The quantitative estimate of drug-likeness (QED) is 0.744. The molecule has 0 amide bonds. The van der Waals surface area contributed by atoms with Crippen LogP contribution < -0.4 is 5.46 Å². The summed E-state index contributed by atoms with van der Waals surface area (Å²) in [5.74, 6) is 0. The minimum Gasteiger partial charge on any atom is -0.399 e. The van der Waals surface area contributed by atoms with Gasteiger partial charge in [0.2, 0.25) is 0 Å². The molecule has 0 unspecified atom stereocenters. The maximum absolute atomic E-state index is 6.13. The van der Waals surface area contributed by atoms with Crippen LogP contribution in [0.5, 0.6) is 0 Å². The van der Waals surface area contributed by atoms with Crippen LogP contribution in [-0.4, -0.2) is 36.8 Å². The lowest BCUT2D eigenvalue weighted by Gasteiger charge is -2.32. The lowest BCUT2D eigenvalue weighted by molar-refractivity contribution is 0.00578. The van der Waals surface area contributed by atoms with Gasteiger partial charge in [0.05, 0.1) is 11.2 Å². The molecule has 2 aliphatic heterocycles. The Morgan fingerprint density at radius 2 is 1.67 bits per heavy atom. The van der Waals surface area contributed by atoms with Gasteiger partial charge in [0.25, 0.3) is 0 Å². The lowest BCUT2D eigenvalue weighted by Crippen LogP contribution is -2.41. The Hall–Kier alpha value is -0.545. The van der Waals surface area contributed by atoms with Crippen LogP contribution in [0, 0.1) is 0 Å². The topological polar surface area (TPSA) is 21.7 Å². The van der Waals surface area contributed by atoms with E-state index in [2.05, 4.69) is 57.8 Å². The molecule has 5 heteroatoms. The van der Waals surface area contributed by atoms with E-state index >= 15 is 0 Å². The fourth-order valence-corrected chi connectivity index (χ4v) is 2.84. The largest absolute Gasteiger partial charge is 0.494 e. The molecular weight excluding hydrogens is 284 g/mol. The predicted molar refractivity (Wildman–Crippen MR) is 89.4 cm³/mol. The minimum atomic E-state index is -0.270. The third kappa shape index (κ3) is 3.00. The van der Waals surface area contributed by atoms with E-state index in [4.69, 9.17) is 9.31 Å². The molecule has 2 aliphatic rings. The second-order valence-corrected chi connectivity index (χ2v) is 7.10. The number of likely N-dealkylation sites (N-methyl/N-ethyl adjacent to an activating group) is 1. The van der Waals surface area contributed by atoms with Gasteiger partial charge in [-0.3, -0.25) is 0 Å². The fourth-order valence-electron chi connectivity index (χ4n) is 2.84. The molecule has 1 fully saturated rings. The van der Waals surface area contributed by atoms with Crippen molar-refractivity contribution in [1.29, 1.82) is 0 Å². The molecule has 3 nitrogen and oxygen atoms in total. The van der Waals surface area contributed by atoms with Gasteiger partial charge < -0.3 is 14.2 Å². The first kappa shape index (κ1) is 16.8. The maximum Gasteiger partial charge on any atom is 0.494 e. The van der Waals surface area contributed by atoms with E-state index in [1.54, 1.807) is 0 Å². The zero-order chi connectivity index (χ0) is 14.5. The first-order valence-electron chi connectivity index (χ1n) is 7.44. The van der Waals surface area contributed by atoms with Gasteiger partial charge in [0.15, 0.2) is 0 Å². The third-order valence-electron chi connectivity index (χ3n) is 4.96. The van der Waals surface area contributed by atoms with E-state index in [1.807, 2.05) is 0 Å². The van der Waals surface area contributed by atoms with Crippen LogP contribution in [-0.2, 0) is 22.3 Å². The van der Waals surface area contributed by atoms with Crippen molar-refractivity contribution < 1.29 is 9.31 Å². The maximum atomic E-state index is 6.13. The molecule has 0 aliphatic carbocycles. The Kier molecular flexibility index (Phi) is 4.47. The Bertz CT molecular complexity index is 517. The van der Waals surface area contributed by atoms with Crippen molar-refractivity contribution in [2.24, 2.45) is 0 Å². The van der Waals surface area contributed by atoms with Crippen LogP contribution in [0.15, 0.2) is 18.2 Å². The number of nitrogens with zero attached hydrogens (tertiary/aromatic N) is 1. The molecule has 3 rings (SSSR count). The van der Waals surface area contributed by atoms with Crippen LogP contribution in [0.3, 0.4) is 0 Å². The molecule has 0 atom stereocenters. The molecule has 2 heterocycles. The highest BCUT2D eigenvalue weighted by Gasteiger charge is 2.51. The monoisotopic (exact) mass is 309 g/mol. The van der Waals surface area contributed by atoms with Crippen molar-refractivity contribution in [3.8, 4) is 0 Å². The zero-order valence-corrected chi connectivity index (χ0v) is 14.4. The van der Waals surface area contributed by atoms with E-state index in [0.29, 0.717) is 0 Å². The molecule has 0 aromatic heterocycles. The number of hydrogen-bond acceptors (Lipinski definition) is 3. The standard InChI is InChI=1S/C16H24BNO2.ClH/c1-15(2)16(3,4)20-17(19-15)14-7-6-13-11-18(5)9-8-12(13)10-14;/h6-7,10H,8-9,11H2,1-5H3;1H. The van der Waals surface area contributed by atoms with Crippen LogP contribution in [0.4, 0.5) is 0 Å². The average molecular weight is 310 g/mol. The SMILES string of the molecule is CN1CCc2cc(B3OC(C)(C)C(C)(C)O3)ccc2C1.Cl. The van der Waals surface area contributed by atoms with Crippen molar-refractivity contribution in [1.82, 2.24) is 4.90 Å². The highest BCUT2D eigenvalue weighted by molar-refractivity contribution is 6.62. The van der Waals surface area contributed by atoms with Gasteiger partial charge in [-0.05, 0) is 57.8 Å². The minimum absolute atomic E-state index is 0. The molecule has 0 N–H and O–H groups in total. The summed E-state index contributed by atoms with van der Waals surface area (Å²) in [4.78, 5) is 2.36. The van der Waals surface area contributed by atoms with Crippen molar-refractivity contribution in [3.63, 3.8) is 0 Å². The summed E-state index contributed by atoms with van der Waals surface area (Å²) in [5, 5.41) is 0. The van der Waals surface area contributed by atoms with E-state index in [-0.39, 0.29) is 30.7 Å². The van der Waals surface area contributed by atoms with E-state index in [9.17, 15) is 0 Å². The Morgan fingerprint density at radius 3 is 2.29 bits per heavy atom. The molecule has 21 heavy (non-hydrogen) atoms. The van der Waals surface area contributed by atoms with Crippen molar-refractivity contribution in [2.75, 3.05) is 13.6 Å². The van der Waals surface area contributed by atoms with Crippen molar-refractivity contribution >= 4 is 25.0 Å². The first-order valence-corrected chi connectivity index (χ1v) is 7.44. The number of hydrogen-bond donors (Lipinski definition) is 0. The van der Waals surface area contributed by atoms with Crippen LogP contribution in [0.1, 0.15) is 38.8 Å². The van der Waals surface area contributed by atoms with Gasteiger partial charge >= 0.3 is 7.12 Å². The van der Waals surface area contributed by atoms with Gasteiger partial charge in [-0.2, -0.15) is 0 Å². The summed E-state index contributed by atoms with van der Waals surface area (Å²) in [6.07, 6.45) is 1.11. The molecule has 0 saturated carbocycles. The molecular formula is C16H25BClNO2. The second kappa shape index (κ2) is 5.58. The van der Waals surface area contributed by atoms with Crippen LogP contribution in [0.2, 0.25) is 0 Å². The van der Waals surface area contributed by atoms with Crippen molar-refractivity contribution in [2.45, 2.75) is 51.9 Å². The highest BCUT2D eigenvalue weighted by atomic mass is 35.5. The predicted octanol–water partition coefficient (Wildman–Crippen LogP) is 2.40. The summed E-state index contributed by atoms with van der Waals surface area (Å²) >= 11 is 0. The van der Waals surface area contributed by atoms with Gasteiger partial charge in [0.1, 0.15) is 0 Å². The van der Waals surface area contributed by atoms with Gasteiger partial charge in [-0.15, -0.1) is 12.4 Å². The highest BCUT2D eigenvalue weighted by Crippen LogP contribution is 2.36. The summed E-state index contributed by atoms with van der Waals surface area (Å²) < 4.78 is 12.3. The Labute approximate surface area is 134 Å². The smallest absolute Gasteiger partial charge is 0.399 e. The van der Waals surface area contributed by atoms with E-state index in [1.165, 1.54) is 11.1 Å². The molecule has 0 bridgehead atoms.